The molecule has 0 aromatic heterocycles. The minimum atomic E-state index is -0.0385. The lowest BCUT2D eigenvalue weighted by atomic mass is 9.91. The van der Waals surface area contributed by atoms with Crippen molar-refractivity contribution in [1.29, 1.82) is 0 Å². The predicted octanol–water partition coefficient (Wildman–Crippen LogP) is 2.68. The number of rotatable bonds is 6. The molecular weight excluding hydrogens is 300 g/mol. The van der Waals surface area contributed by atoms with Gasteiger partial charge in [-0.3, -0.25) is 4.90 Å². The van der Waals surface area contributed by atoms with Gasteiger partial charge in [-0.1, -0.05) is 37.3 Å². The van der Waals surface area contributed by atoms with Crippen LogP contribution in [0, 0.1) is 5.92 Å². The fourth-order valence-corrected chi connectivity index (χ4v) is 4.11. The molecule has 2 atom stereocenters. The molecule has 0 radical (unpaired) electrons. The molecule has 2 fully saturated rings. The maximum absolute atomic E-state index is 5.86. The number of likely N-dealkylation sites (tertiary alicyclic amines) is 1. The van der Waals surface area contributed by atoms with E-state index in [0.29, 0.717) is 6.04 Å². The predicted molar refractivity (Wildman–Crippen MR) is 97.1 cm³/mol. The summed E-state index contributed by atoms with van der Waals surface area (Å²) in [6, 6.07) is 11.3. The van der Waals surface area contributed by atoms with Crippen molar-refractivity contribution < 1.29 is 9.47 Å². The van der Waals surface area contributed by atoms with Crippen LogP contribution in [0.1, 0.15) is 31.7 Å². The summed E-state index contributed by atoms with van der Waals surface area (Å²) < 4.78 is 11.4. The molecule has 2 aliphatic heterocycles. The monoisotopic (exact) mass is 332 g/mol. The van der Waals surface area contributed by atoms with E-state index >= 15 is 0 Å². The quantitative estimate of drug-likeness (QED) is 0.868. The van der Waals surface area contributed by atoms with E-state index in [9.17, 15) is 0 Å². The highest BCUT2D eigenvalue weighted by atomic mass is 16.5. The van der Waals surface area contributed by atoms with Crippen molar-refractivity contribution in [3.8, 4) is 0 Å². The number of hydrogen-bond donors (Lipinski definition) is 1. The highest BCUT2D eigenvalue weighted by Crippen LogP contribution is 2.25. The molecule has 4 nitrogen and oxygen atoms in total. The molecule has 0 saturated carbocycles. The zero-order chi connectivity index (χ0) is 16.8. The number of piperidine rings is 1. The topological polar surface area (TPSA) is 33.7 Å². The molecule has 24 heavy (non-hydrogen) atoms. The number of nitrogens with one attached hydrogen (secondary N) is 1. The summed E-state index contributed by atoms with van der Waals surface area (Å²) >= 11 is 0. The van der Waals surface area contributed by atoms with E-state index < -0.39 is 0 Å². The van der Waals surface area contributed by atoms with Gasteiger partial charge < -0.3 is 14.8 Å². The summed E-state index contributed by atoms with van der Waals surface area (Å²) in [5, 5.41) is 3.81. The van der Waals surface area contributed by atoms with Crippen LogP contribution in [-0.2, 0) is 16.0 Å². The van der Waals surface area contributed by atoms with Crippen LogP contribution in [0.25, 0.3) is 0 Å². The highest BCUT2D eigenvalue weighted by Gasteiger charge is 2.34. The molecule has 0 amide bonds. The molecule has 1 aromatic carbocycles. The molecule has 1 aromatic rings. The van der Waals surface area contributed by atoms with Crippen molar-refractivity contribution in [1.82, 2.24) is 10.2 Å². The number of hydrogen-bond acceptors (Lipinski definition) is 4. The molecule has 0 spiro atoms. The highest BCUT2D eigenvalue weighted by molar-refractivity contribution is 5.14. The minimum absolute atomic E-state index is 0.0385. The van der Waals surface area contributed by atoms with Crippen LogP contribution in [0.15, 0.2) is 30.3 Å². The molecule has 4 heteroatoms. The van der Waals surface area contributed by atoms with Gasteiger partial charge in [0.25, 0.3) is 0 Å². The van der Waals surface area contributed by atoms with E-state index in [2.05, 4.69) is 47.5 Å². The van der Waals surface area contributed by atoms with E-state index in [4.69, 9.17) is 9.47 Å². The third-order valence-corrected chi connectivity index (χ3v) is 5.53. The molecule has 2 aliphatic rings. The van der Waals surface area contributed by atoms with Crippen molar-refractivity contribution in [3.63, 3.8) is 0 Å². The van der Waals surface area contributed by atoms with Gasteiger partial charge in [0.2, 0.25) is 0 Å². The first-order valence-corrected chi connectivity index (χ1v) is 9.32. The van der Waals surface area contributed by atoms with E-state index in [1.807, 2.05) is 7.11 Å². The Morgan fingerprint density at radius 3 is 2.67 bits per heavy atom. The summed E-state index contributed by atoms with van der Waals surface area (Å²) in [6.45, 7) is 8.29. The summed E-state index contributed by atoms with van der Waals surface area (Å²) in [4.78, 5) is 2.59. The van der Waals surface area contributed by atoms with Gasteiger partial charge in [-0.25, -0.2) is 0 Å². The van der Waals surface area contributed by atoms with E-state index in [1.54, 1.807) is 0 Å². The van der Waals surface area contributed by atoms with Crippen molar-refractivity contribution in [2.24, 2.45) is 5.92 Å². The molecule has 3 rings (SSSR count). The third-order valence-electron chi connectivity index (χ3n) is 5.53. The lowest BCUT2D eigenvalue weighted by molar-refractivity contribution is -0.0896. The fourth-order valence-electron chi connectivity index (χ4n) is 4.11. The number of methoxy groups -OCH3 is 1. The Kier molecular flexibility index (Phi) is 6.28. The number of benzene rings is 1. The second-order valence-electron chi connectivity index (χ2n) is 7.60. The molecule has 0 aliphatic carbocycles. The summed E-state index contributed by atoms with van der Waals surface area (Å²) in [5.74, 6) is 0.730. The maximum atomic E-state index is 5.86. The summed E-state index contributed by atoms with van der Waals surface area (Å²) in [5.41, 5.74) is 1.37. The fraction of sp³-hybridized carbons (Fsp3) is 0.700. The minimum Gasteiger partial charge on any atom is -0.381 e. The van der Waals surface area contributed by atoms with Gasteiger partial charge in [-0.15, -0.1) is 0 Å². The zero-order valence-electron chi connectivity index (χ0n) is 15.2. The van der Waals surface area contributed by atoms with Gasteiger partial charge in [0.1, 0.15) is 0 Å². The van der Waals surface area contributed by atoms with Crippen LogP contribution in [0.5, 0.6) is 0 Å². The average Bonchev–Trinajstić information content (AvgIpc) is 2.61. The van der Waals surface area contributed by atoms with Crippen LogP contribution >= 0.6 is 0 Å². The molecular formula is C20H32N2O2. The number of nitrogens with zero attached hydrogens (tertiary/aromatic N) is 1. The summed E-state index contributed by atoms with van der Waals surface area (Å²) in [6.07, 6.45) is 3.24. The van der Waals surface area contributed by atoms with Gasteiger partial charge >= 0.3 is 0 Å². The van der Waals surface area contributed by atoms with Crippen LogP contribution < -0.4 is 5.32 Å². The van der Waals surface area contributed by atoms with Crippen LogP contribution in [-0.4, -0.2) is 56.5 Å². The van der Waals surface area contributed by atoms with E-state index in [-0.39, 0.29) is 5.60 Å². The molecule has 2 saturated heterocycles. The number of ether oxygens (including phenoxy) is 2. The van der Waals surface area contributed by atoms with E-state index in [1.165, 1.54) is 18.5 Å². The van der Waals surface area contributed by atoms with Crippen LogP contribution in [0.3, 0.4) is 0 Å². The lowest BCUT2D eigenvalue weighted by Crippen LogP contribution is -2.54. The standard InChI is InChI=1S/C20H32N2O2/c1-17-12-19(21-16-20(23-2)8-10-24-11-9-20)15-22(13-17)14-18-6-4-3-5-7-18/h3-7,17,19,21H,8-16H2,1-2H3/t17-,19-/m1/s1. The Balaban J connectivity index is 1.53. The zero-order valence-corrected chi connectivity index (χ0v) is 15.2. The van der Waals surface area contributed by atoms with Gasteiger partial charge in [-0.2, -0.15) is 0 Å². The maximum Gasteiger partial charge on any atom is 0.0846 e. The van der Waals surface area contributed by atoms with Crippen LogP contribution in [0.4, 0.5) is 0 Å². The Morgan fingerprint density at radius 1 is 1.21 bits per heavy atom. The molecule has 0 bridgehead atoms. The third kappa shape index (κ3) is 4.79. The van der Waals surface area contributed by atoms with Gasteiger partial charge in [-0.05, 0) is 17.9 Å². The first-order chi connectivity index (χ1) is 11.7. The Labute approximate surface area is 146 Å². The van der Waals surface area contributed by atoms with Crippen LogP contribution in [0.2, 0.25) is 0 Å². The van der Waals surface area contributed by atoms with Crippen molar-refractivity contribution in [3.05, 3.63) is 35.9 Å². The van der Waals surface area contributed by atoms with Gasteiger partial charge in [0.05, 0.1) is 5.60 Å². The Hall–Kier alpha value is -0.940. The lowest BCUT2D eigenvalue weighted by Gasteiger charge is -2.41. The SMILES string of the molecule is COC1(CN[C@@H]2C[C@@H](C)CN(Cc3ccccc3)C2)CCOCC1. The van der Waals surface area contributed by atoms with Crippen molar-refractivity contribution in [2.45, 2.75) is 44.4 Å². The average molecular weight is 332 g/mol. The molecule has 134 valence electrons. The molecule has 0 unspecified atom stereocenters. The first kappa shape index (κ1) is 17.9. The summed E-state index contributed by atoms with van der Waals surface area (Å²) in [7, 11) is 1.85. The Bertz CT molecular complexity index is 488. The Morgan fingerprint density at radius 2 is 1.96 bits per heavy atom. The van der Waals surface area contributed by atoms with Crippen molar-refractivity contribution in [2.75, 3.05) is 40.0 Å². The second-order valence-corrected chi connectivity index (χ2v) is 7.60. The first-order valence-electron chi connectivity index (χ1n) is 9.32. The van der Waals surface area contributed by atoms with E-state index in [0.717, 1.165) is 51.6 Å². The molecule has 1 N–H and O–H groups in total. The van der Waals surface area contributed by atoms with Gasteiger partial charge in [0.15, 0.2) is 0 Å². The molecule has 2 heterocycles. The second kappa shape index (κ2) is 8.43. The smallest absolute Gasteiger partial charge is 0.0846 e. The normalized spacial score (nSPS) is 27.9. The van der Waals surface area contributed by atoms with Crippen molar-refractivity contribution >= 4 is 0 Å². The van der Waals surface area contributed by atoms with Gasteiger partial charge in [0, 0.05) is 65.4 Å². The largest absolute Gasteiger partial charge is 0.381 e.